The summed E-state index contributed by atoms with van der Waals surface area (Å²) in [5.74, 6) is -1.33. The summed E-state index contributed by atoms with van der Waals surface area (Å²) >= 11 is 0. The molecule has 0 radical (unpaired) electrons. The fourth-order valence-corrected chi connectivity index (χ4v) is 3.27. The van der Waals surface area contributed by atoms with Crippen molar-refractivity contribution in [3.05, 3.63) is 24.2 Å². The summed E-state index contributed by atoms with van der Waals surface area (Å²) in [6.07, 6.45) is -2.31. The van der Waals surface area contributed by atoms with Crippen molar-refractivity contribution >= 4 is 5.97 Å². The van der Waals surface area contributed by atoms with E-state index in [1.807, 2.05) is 0 Å². The van der Waals surface area contributed by atoms with Crippen LogP contribution in [0.2, 0.25) is 0 Å². The van der Waals surface area contributed by atoms with Crippen LogP contribution >= 0.6 is 0 Å². The Hall–Kier alpha value is -1.50. The van der Waals surface area contributed by atoms with Crippen molar-refractivity contribution in [3.63, 3.8) is 0 Å². The van der Waals surface area contributed by atoms with Crippen molar-refractivity contribution in [2.24, 2.45) is 5.73 Å². The smallest absolute Gasteiger partial charge is 0.390 e. The van der Waals surface area contributed by atoms with Gasteiger partial charge in [0.15, 0.2) is 0 Å². The fourth-order valence-electron chi connectivity index (χ4n) is 3.27. The van der Waals surface area contributed by atoms with E-state index < -0.39 is 29.5 Å². The molecule has 1 heterocycles. The summed E-state index contributed by atoms with van der Waals surface area (Å²) < 4.78 is 43.4. The molecule has 0 spiro atoms. The first-order chi connectivity index (χ1) is 9.21. The van der Waals surface area contributed by atoms with E-state index in [2.05, 4.69) is 0 Å². The number of hydrogen-bond donors (Lipinski definition) is 2. The first kappa shape index (κ1) is 14.9. The van der Waals surface area contributed by atoms with Gasteiger partial charge in [-0.15, -0.1) is 0 Å². The Morgan fingerprint density at radius 2 is 2.05 bits per heavy atom. The number of carbonyl (C=O) groups is 1. The molecule has 1 fully saturated rings. The van der Waals surface area contributed by atoms with Gasteiger partial charge in [-0.05, 0) is 18.9 Å². The van der Waals surface area contributed by atoms with Crippen molar-refractivity contribution in [3.8, 4) is 0 Å². The number of carboxylic acids is 1. The summed E-state index contributed by atoms with van der Waals surface area (Å²) in [6.45, 7) is 0. The topological polar surface area (TPSA) is 76.5 Å². The number of furan rings is 1. The van der Waals surface area contributed by atoms with Crippen molar-refractivity contribution in [2.75, 3.05) is 0 Å². The molecule has 0 aromatic carbocycles. The van der Waals surface area contributed by atoms with Crippen molar-refractivity contribution < 1.29 is 27.5 Å². The molecule has 7 heteroatoms. The molecule has 1 aliphatic rings. The van der Waals surface area contributed by atoms with Gasteiger partial charge in [0, 0.05) is 11.1 Å². The SMILES string of the molecule is NC1(CC(F)(F)F)CCCCC1(C(=O)O)c1ccoc1. The Kier molecular flexibility index (Phi) is 3.58. The largest absolute Gasteiger partial charge is 0.481 e. The summed E-state index contributed by atoms with van der Waals surface area (Å²) in [7, 11) is 0. The first-order valence-corrected chi connectivity index (χ1v) is 6.33. The maximum atomic E-state index is 12.8. The highest BCUT2D eigenvalue weighted by atomic mass is 19.4. The van der Waals surface area contributed by atoms with Crippen molar-refractivity contribution in [1.29, 1.82) is 0 Å². The van der Waals surface area contributed by atoms with Crippen LogP contribution in [0.1, 0.15) is 37.7 Å². The zero-order valence-corrected chi connectivity index (χ0v) is 10.7. The highest BCUT2D eigenvalue weighted by Crippen LogP contribution is 2.49. The third kappa shape index (κ3) is 2.30. The predicted octanol–water partition coefficient (Wildman–Crippen LogP) is 2.83. The zero-order chi connectivity index (χ0) is 15.0. The second kappa shape index (κ2) is 4.80. The third-order valence-electron chi connectivity index (χ3n) is 4.17. The van der Waals surface area contributed by atoms with Crippen LogP contribution in [0.15, 0.2) is 23.0 Å². The van der Waals surface area contributed by atoms with E-state index >= 15 is 0 Å². The number of halogens is 3. The molecule has 0 aliphatic heterocycles. The molecule has 3 N–H and O–H groups in total. The monoisotopic (exact) mass is 291 g/mol. The number of nitrogens with two attached hydrogens (primary N) is 1. The minimum Gasteiger partial charge on any atom is -0.481 e. The van der Waals surface area contributed by atoms with Gasteiger partial charge in [-0.3, -0.25) is 4.79 Å². The molecule has 1 saturated carbocycles. The Balaban J connectivity index is 2.54. The Morgan fingerprint density at radius 3 is 2.55 bits per heavy atom. The lowest BCUT2D eigenvalue weighted by molar-refractivity contribution is -0.168. The van der Waals surface area contributed by atoms with E-state index in [4.69, 9.17) is 10.2 Å². The van der Waals surface area contributed by atoms with Gasteiger partial charge in [0.25, 0.3) is 0 Å². The van der Waals surface area contributed by atoms with Gasteiger partial charge >= 0.3 is 12.1 Å². The minimum atomic E-state index is -4.52. The lowest BCUT2D eigenvalue weighted by Gasteiger charge is -2.48. The molecule has 0 saturated heterocycles. The van der Waals surface area contributed by atoms with Gasteiger partial charge in [-0.2, -0.15) is 13.2 Å². The van der Waals surface area contributed by atoms with Gasteiger partial charge in [0.2, 0.25) is 0 Å². The maximum absolute atomic E-state index is 12.8. The summed E-state index contributed by atoms with van der Waals surface area (Å²) in [5, 5.41) is 9.60. The van der Waals surface area contributed by atoms with E-state index in [-0.39, 0.29) is 18.4 Å². The van der Waals surface area contributed by atoms with Crippen LogP contribution in [0.25, 0.3) is 0 Å². The van der Waals surface area contributed by atoms with Crippen LogP contribution in [0.5, 0.6) is 0 Å². The van der Waals surface area contributed by atoms with Gasteiger partial charge in [-0.1, -0.05) is 12.8 Å². The molecule has 4 nitrogen and oxygen atoms in total. The maximum Gasteiger partial charge on any atom is 0.390 e. The molecule has 1 aromatic heterocycles. The lowest BCUT2D eigenvalue weighted by Crippen LogP contribution is -2.65. The molecule has 0 bridgehead atoms. The lowest BCUT2D eigenvalue weighted by atomic mass is 9.57. The molecule has 1 aromatic rings. The average molecular weight is 291 g/mol. The second-order valence-corrected chi connectivity index (χ2v) is 5.38. The first-order valence-electron chi connectivity index (χ1n) is 6.33. The normalized spacial score (nSPS) is 31.2. The van der Waals surface area contributed by atoms with E-state index in [1.54, 1.807) is 0 Å². The van der Waals surface area contributed by atoms with Crippen LogP contribution in [0, 0.1) is 0 Å². The van der Waals surface area contributed by atoms with Crippen LogP contribution in [-0.2, 0) is 10.2 Å². The zero-order valence-electron chi connectivity index (χ0n) is 10.7. The summed E-state index contributed by atoms with van der Waals surface area (Å²) in [6, 6.07) is 1.39. The standard InChI is InChI=1S/C13H16F3NO3/c14-13(15,16)8-11(17)4-1-2-5-12(11,10(18)19)9-3-6-20-7-9/h3,6-7H,1-2,4-5,8,17H2,(H,18,19). The number of hydrogen-bond acceptors (Lipinski definition) is 3. The van der Waals surface area contributed by atoms with E-state index in [0.29, 0.717) is 12.8 Å². The Morgan fingerprint density at radius 1 is 1.40 bits per heavy atom. The molecular weight excluding hydrogens is 275 g/mol. The Bertz CT molecular complexity index is 486. The van der Waals surface area contributed by atoms with Gasteiger partial charge < -0.3 is 15.3 Å². The molecule has 2 unspecified atom stereocenters. The number of alkyl halides is 3. The molecule has 0 amide bonds. The third-order valence-corrected chi connectivity index (χ3v) is 4.17. The molecular formula is C13H16F3NO3. The van der Waals surface area contributed by atoms with E-state index in [1.165, 1.54) is 18.6 Å². The highest BCUT2D eigenvalue weighted by molar-refractivity contribution is 5.83. The van der Waals surface area contributed by atoms with Crippen molar-refractivity contribution in [1.82, 2.24) is 0 Å². The van der Waals surface area contributed by atoms with Crippen LogP contribution in [-0.4, -0.2) is 22.8 Å². The van der Waals surface area contributed by atoms with Crippen LogP contribution < -0.4 is 5.73 Å². The quantitative estimate of drug-likeness (QED) is 0.897. The van der Waals surface area contributed by atoms with E-state index in [9.17, 15) is 23.1 Å². The van der Waals surface area contributed by atoms with Gasteiger partial charge in [0.1, 0.15) is 5.41 Å². The van der Waals surface area contributed by atoms with Crippen LogP contribution in [0.3, 0.4) is 0 Å². The van der Waals surface area contributed by atoms with Gasteiger partial charge in [0.05, 0.1) is 18.9 Å². The van der Waals surface area contributed by atoms with Crippen LogP contribution in [0.4, 0.5) is 13.2 Å². The molecule has 20 heavy (non-hydrogen) atoms. The summed E-state index contributed by atoms with van der Waals surface area (Å²) in [5.41, 5.74) is 2.56. The van der Waals surface area contributed by atoms with E-state index in [0.717, 1.165) is 0 Å². The molecule has 2 rings (SSSR count). The minimum absolute atomic E-state index is 0.0178. The number of carboxylic acid groups (broad SMARTS) is 1. The molecule has 2 atom stereocenters. The summed E-state index contributed by atoms with van der Waals surface area (Å²) in [4.78, 5) is 11.8. The molecule has 112 valence electrons. The average Bonchev–Trinajstić information content (AvgIpc) is 2.79. The van der Waals surface area contributed by atoms with Gasteiger partial charge in [-0.25, -0.2) is 0 Å². The second-order valence-electron chi connectivity index (χ2n) is 5.38. The fraction of sp³-hybridized carbons (Fsp3) is 0.615. The number of rotatable bonds is 3. The predicted molar refractivity (Wildman–Crippen MR) is 64.1 cm³/mol. The highest BCUT2D eigenvalue weighted by Gasteiger charge is 2.60. The van der Waals surface area contributed by atoms with Crippen molar-refractivity contribution in [2.45, 2.75) is 49.2 Å². The Labute approximate surface area is 113 Å². The molecule has 1 aliphatic carbocycles. The number of aliphatic carboxylic acids is 1.